The summed E-state index contributed by atoms with van der Waals surface area (Å²) in [5.74, 6) is 2.25. The Morgan fingerprint density at radius 1 is 1.05 bits per heavy atom. The van der Waals surface area contributed by atoms with Gasteiger partial charge < -0.3 is 9.15 Å². The average Bonchev–Trinajstić information content (AvgIpc) is 2.95. The van der Waals surface area contributed by atoms with Gasteiger partial charge in [0.05, 0.1) is 0 Å². The normalized spacial score (nSPS) is 10.6. The molecule has 0 saturated carbocycles. The highest BCUT2D eigenvalue weighted by Crippen LogP contribution is 2.22. The number of halogens is 1. The minimum atomic E-state index is 0.399. The summed E-state index contributed by atoms with van der Waals surface area (Å²) in [6, 6.07) is 17.9. The molecule has 1 heterocycles. The van der Waals surface area contributed by atoms with Crippen LogP contribution in [0.2, 0.25) is 0 Å². The number of benzene rings is 2. The fourth-order valence-electron chi connectivity index (χ4n) is 2.09. The Morgan fingerprint density at radius 3 is 2.45 bits per heavy atom. The molecule has 0 amide bonds. The van der Waals surface area contributed by atoms with E-state index in [0.717, 1.165) is 28.1 Å². The molecule has 0 aliphatic carbocycles. The van der Waals surface area contributed by atoms with E-state index in [1.54, 1.807) is 0 Å². The van der Waals surface area contributed by atoms with E-state index in [1.165, 1.54) is 5.56 Å². The van der Waals surface area contributed by atoms with E-state index >= 15 is 0 Å². The van der Waals surface area contributed by atoms with Gasteiger partial charge in [-0.3, -0.25) is 0 Å². The van der Waals surface area contributed by atoms with Crippen molar-refractivity contribution in [2.75, 3.05) is 0 Å². The highest BCUT2D eigenvalue weighted by Gasteiger charge is 2.11. The van der Waals surface area contributed by atoms with Crippen molar-refractivity contribution < 1.29 is 9.15 Å². The van der Waals surface area contributed by atoms with Gasteiger partial charge in [0.1, 0.15) is 23.8 Å². The van der Waals surface area contributed by atoms with Crippen LogP contribution in [0.3, 0.4) is 0 Å². The van der Waals surface area contributed by atoms with E-state index < -0.39 is 0 Å². The van der Waals surface area contributed by atoms with Crippen LogP contribution in [0.15, 0.2) is 59.0 Å². The van der Waals surface area contributed by atoms with Crippen molar-refractivity contribution >= 4 is 15.9 Å². The molecule has 112 valence electrons. The lowest BCUT2D eigenvalue weighted by Gasteiger charge is -2.05. The van der Waals surface area contributed by atoms with Crippen molar-refractivity contribution in [1.82, 2.24) is 4.98 Å². The van der Waals surface area contributed by atoms with Gasteiger partial charge in [-0.15, -0.1) is 0 Å². The predicted octanol–water partition coefficient (Wildman–Crippen LogP) is 5.12. The van der Waals surface area contributed by atoms with Crippen LogP contribution in [0.25, 0.3) is 11.5 Å². The molecule has 0 spiro atoms. The van der Waals surface area contributed by atoms with Gasteiger partial charge in [-0.05, 0) is 36.8 Å². The zero-order valence-corrected chi connectivity index (χ0v) is 13.8. The number of rotatable bonds is 5. The number of hydrogen-bond donors (Lipinski definition) is 0. The van der Waals surface area contributed by atoms with Gasteiger partial charge in [0, 0.05) is 10.9 Å². The number of aryl methyl sites for hydroxylation is 1. The Labute approximate surface area is 138 Å². The van der Waals surface area contributed by atoms with Gasteiger partial charge in [0.25, 0.3) is 0 Å². The molecule has 0 fully saturated rings. The summed E-state index contributed by atoms with van der Waals surface area (Å²) in [5.41, 5.74) is 3.01. The Bertz CT molecular complexity index is 736. The average molecular weight is 358 g/mol. The SMILES string of the molecule is Cc1oc(-c2ccccc2)nc1COc1ccc(CBr)cc1. The molecule has 3 aromatic rings. The van der Waals surface area contributed by atoms with Crippen LogP contribution < -0.4 is 4.74 Å². The van der Waals surface area contributed by atoms with Crippen LogP contribution in [0.1, 0.15) is 17.0 Å². The molecule has 4 heteroatoms. The number of oxazole rings is 1. The van der Waals surface area contributed by atoms with E-state index in [0.29, 0.717) is 12.5 Å². The second-order valence-corrected chi connectivity index (χ2v) is 5.51. The van der Waals surface area contributed by atoms with Crippen molar-refractivity contribution in [2.24, 2.45) is 0 Å². The van der Waals surface area contributed by atoms with E-state index in [4.69, 9.17) is 9.15 Å². The third-order valence-corrected chi connectivity index (χ3v) is 4.01. The van der Waals surface area contributed by atoms with Crippen LogP contribution in [0, 0.1) is 6.92 Å². The van der Waals surface area contributed by atoms with Gasteiger partial charge in [-0.1, -0.05) is 46.3 Å². The maximum Gasteiger partial charge on any atom is 0.226 e. The summed E-state index contributed by atoms with van der Waals surface area (Å²) in [6.45, 7) is 2.31. The Kier molecular flexibility index (Phi) is 4.59. The fourth-order valence-corrected chi connectivity index (χ4v) is 2.47. The number of aromatic nitrogens is 1. The molecule has 1 aromatic heterocycles. The lowest BCUT2D eigenvalue weighted by atomic mass is 10.2. The molecule has 3 nitrogen and oxygen atoms in total. The van der Waals surface area contributed by atoms with Crippen LogP contribution >= 0.6 is 15.9 Å². The Morgan fingerprint density at radius 2 is 1.77 bits per heavy atom. The standard InChI is InChI=1S/C18H16BrNO2/c1-13-17(12-21-16-9-7-14(11-19)8-10-16)20-18(22-13)15-5-3-2-4-6-15/h2-10H,11-12H2,1H3. The van der Waals surface area contributed by atoms with E-state index in [2.05, 4.69) is 20.9 Å². The summed E-state index contributed by atoms with van der Waals surface area (Å²) in [6.07, 6.45) is 0. The van der Waals surface area contributed by atoms with Crippen molar-refractivity contribution in [3.05, 3.63) is 71.6 Å². The monoisotopic (exact) mass is 357 g/mol. The third kappa shape index (κ3) is 3.39. The summed E-state index contributed by atoms with van der Waals surface area (Å²) in [5, 5.41) is 0.843. The van der Waals surface area contributed by atoms with Crippen LogP contribution in [0.4, 0.5) is 0 Å². The second-order valence-electron chi connectivity index (χ2n) is 4.95. The molecular weight excluding hydrogens is 342 g/mol. The summed E-state index contributed by atoms with van der Waals surface area (Å²) in [7, 11) is 0. The molecule has 22 heavy (non-hydrogen) atoms. The first-order chi connectivity index (χ1) is 10.8. The number of alkyl halides is 1. The molecule has 0 aliphatic rings. The van der Waals surface area contributed by atoms with Crippen LogP contribution in [-0.2, 0) is 11.9 Å². The molecule has 0 N–H and O–H groups in total. The lowest BCUT2D eigenvalue weighted by Crippen LogP contribution is -1.97. The maximum atomic E-state index is 5.78. The van der Waals surface area contributed by atoms with Crippen molar-refractivity contribution in [2.45, 2.75) is 18.9 Å². The highest BCUT2D eigenvalue weighted by atomic mass is 79.9. The molecule has 0 bridgehead atoms. The maximum absolute atomic E-state index is 5.78. The van der Waals surface area contributed by atoms with E-state index in [1.807, 2.05) is 61.5 Å². The second kappa shape index (κ2) is 6.79. The first-order valence-corrected chi connectivity index (χ1v) is 8.18. The van der Waals surface area contributed by atoms with E-state index in [9.17, 15) is 0 Å². The van der Waals surface area contributed by atoms with Crippen molar-refractivity contribution in [1.29, 1.82) is 0 Å². The largest absolute Gasteiger partial charge is 0.487 e. The molecule has 0 aliphatic heterocycles. The molecule has 0 saturated heterocycles. The topological polar surface area (TPSA) is 35.3 Å². The van der Waals surface area contributed by atoms with Crippen LogP contribution in [-0.4, -0.2) is 4.98 Å². The first kappa shape index (κ1) is 14.9. The quantitative estimate of drug-likeness (QED) is 0.594. The zero-order valence-electron chi connectivity index (χ0n) is 12.3. The van der Waals surface area contributed by atoms with Crippen LogP contribution in [0.5, 0.6) is 5.75 Å². The minimum Gasteiger partial charge on any atom is -0.487 e. The fraction of sp³-hybridized carbons (Fsp3) is 0.167. The van der Waals surface area contributed by atoms with Gasteiger partial charge in [-0.2, -0.15) is 0 Å². The molecule has 0 atom stereocenters. The smallest absolute Gasteiger partial charge is 0.226 e. The molecule has 0 unspecified atom stereocenters. The van der Waals surface area contributed by atoms with Gasteiger partial charge in [0.2, 0.25) is 5.89 Å². The van der Waals surface area contributed by atoms with Gasteiger partial charge in [0.15, 0.2) is 0 Å². The molecule has 3 rings (SSSR count). The summed E-state index contributed by atoms with van der Waals surface area (Å²) >= 11 is 3.43. The zero-order chi connectivity index (χ0) is 15.4. The van der Waals surface area contributed by atoms with Gasteiger partial charge >= 0.3 is 0 Å². The highest BCUT2D eigenvalue weighted by molar-refractivity contribution is 9.08. The lowest BCUT2D eigenvalue weighted by molar-refractivity contribution is 0.299. The summed E-state index contributed by atoms with van der Waals surface area (Å²) in [4.78, 5) is 4.53. The van der Waals surface area contributed by atoms with E-state index in [-0.39, 0.29) is 0 Å². The Hall–Kier alpha value is -2.07. The number of hydrogen-bond acceptors (Lipinski definition) is 3. The molecule has 2 aromatic carbocycles. The van der Waals surface area contributed by atoms with Crippen molar-refractivity contribution in [3.8, 4) is 17.2 Å². The molecule has 0 radical (unpaired) electrons. The minimum absolute atomic E-state index is 0.399. The van der Waals surface area contributed by atoms with Gasteiger partial charge in [-0.25, -0.2) is 4.98 Å². The third-order valence-electron chi connectivity index (χ3n) is 3.37. The molecular formula is C18H16BrNO2. The van der Waals surface area contributed by atoms with Crippen molar-refractivity contribution in [3.63, 3.8) is 0 Å². The first-order valence-electron chi connectivity index (χ1n) is 7.05. The Balaban J connectivity index is 1.71. The number of ether oxygens (including phenoxy) is 1. The predicted molar refractivity (Wildman–Crippen MR) is 90.1 cm³/mol. The summed E-state index contributed by atoms with van der Waals surface area (Å²) < 4.78 is 11.5. The number of nitrogens with zero attached hydrogens (tertiary/aromatic N) is 1.